The largest absolute Gasteiger partial charge is 0.455 e. The number of para-hydroxylation sites is 1. The van der Waals surface area contributed by atoms with Crippen molar-refractivity contribution >= 4 is 41.0 Å². The molecule has 4 aliphatic heterocycles. The molecule has 0 unspecified atom stereocenters. The van der Waals surface area contributed by atoms with Crippen LogP contribution in [0.5, 0.6) is 0 Å². The van der Waals surface area contributed by atoms with E-state index in [0.717, 1.165) is 11.1 Å². The number of fused-ring (bicyclic) bond motifs is 2. The minimum atomic E-state index is -1.46. The lowest BCUT2D eigenvalue weighted by atomic mass is 9.77. The van der Waals surface area contributed by atoms with Gasteiger partial charge < -0.3 is 29.3 Å². The Labute approximate surface area is 292 Å². The monoisotopic (exact) mass is 689 g/mol. The first-order valence-corrected chi connectivity index (χ1v) is 17.5. The van der Waals surface area contributed by atoms with Crippen molar-refractivity contribution in [3.05, 3.63) is 89.0 Å². The van der Waals surface area contributed by atoms with Crippen LogP contribution in [0.25, 0.3) is 0 Å². The van der Waals surface area contributed by atoms with Gasteiger partial charge in [0.25, 0.3) is 5.91 Å². The molecule has 0 radical (unpaired) electrons. The Hall–Kier alpha value is -3.99. The van der Waals surface area contributed by atoms with Gasteiger partial charge in [-0.1, -0.05) is 78.4 Å². The second kappa shape index (κ2) is 14.5. The summed E-state index contributed by atoms with van der Waals surface area (Å²) >= 11 is 6.68. The number of carbonyl (C=O) groups excluding carboxylic acids is 4. The first-order chi connectivity index (χ1) is 23.6. The molecule has 7 atom stereocenters. The number of likely N-dealkylation sites (N-methyl/N-ethyl adjacent to an activating group) is 1. The number of aliphatic hydroxyl groups is 1. The third-order valence-corrected chi connectivity index (χ3v) is 10.8. The van der Waals surface area contributed by atoms with Gasteiger partial charge in [0, 0.05) is 33.2 Å². The van der Waals surface area contributed by atoms with Crippen molar-refractivity contribution in [2.45, 2.75) is 75.8 Å². The van der Waals surface area contributed by atoms with Crippen molar-refractivity contribution in [1.29, 1.82) is 0 Å². The number of amides is 3. The molecular formula is C38H44ClN3O7. The van der Waals surface area contributed by atoms with Gasteiger partial charge in [-0.05, 0) is 56.7 Å². The van der Waals surface area contributed by atoms with Gasteiger partial charge in [-0.15, -0.1) is 0 Å². The molecule has 0 bridgehead atoms. The zero-order valence-electron chi connectivity index (χ0n) is 28.2. The highest BCUT2D eigenvalue weighted by molar-refractivity contribution is 6.34. The Kier molecular flexibility index (Phi) is 10.3. The first kappa shape index (κ1) is 34.9. The molecule has 6 rings (SSSR count). The Morgan fingerprint density at radius 2 is 1.76 bits per heavy atom. The molecule has 0 aliphatic carbocycles. The number of halogens is 1. The van der Waals surface area contributed by atoms with Crippen molar-refractivity contribution in [2.75, 3.05) is 31.6 Å². The molecule has 2 fully saturated rings. The maximum atomic E-state index is 14.8. The zero-order valence-corrected chi connectivity index (χ0v) is 28.9. The van der Waals surface area contributed by atoms with E-state index in [1.807, 2.05) is 68.5 Å². The smallest absolute Gasteiger partial charge is 0.313 e. The summed E-state index contributed by atoms with van der Waals surface area (Å²) < 4.78 is 13.2. The summed E-state index contributed by atoms with van der Waals surface area (Å²) in [7, 11) is 1.71. The number of rotatable bonds is 7. The SMILES string of the molecule is Cc1cccc(Cl)c1N1CC=C[C@@]23O[C@H]4/C=C\CCC(=O)N(C)[C@@H](C)[C@H](c5ccccc5)OC(=O)[C@H]4[C@@H]2C(=O)N(CCCCCO)[C@H]3C1=O. The molecule has 3 amide bonds. The van der Waals surface area contributed by atoms with Crippen LogP contribution in [-0.4, -0.2) is 89.1 Å². The molecule has 11 heteroatoms. The number of unbranched alkanes of at least 4 members (excludes halogenated alkanes) is 2. The molecular weight excluding hydrogens is 646 g/mol. The number of benzene rings is 2. The van der Waals surface area contributed by atoms with E-state index in [9.17, 15) is 24.3 Å². The van der Waals surface area contributed by atoms with Crippen molar-refractivity contribution in [1.82, 2.24) is 9.80 Å². The molecule has 1 N–H and O–H groups in total. The van der Waals surface area contributed by atoms with Gasteiger partial charge in [0.05, 0.1) is 28.8 Å². The van der Waals surface area contributed by atoms with Gasteiger partial charge in [0.2, 0.25) is 11.8 Å². The number of ether oxygens (including phenoxy) is 2. The average molecular weight is 690 g/mol. The molecule has 260 valence electrons. The van der Waals surface area contributed by atoms with E-state index in [1.54, 1.807) is 40.0 Å². The normalized spacial score (nSPS) is 31.0. The fraction of sp³-hybridized carbons (Fsp3) is 0.474. The predicted molar refractivity (Wildman–Crippen MR) is 185 cm³/mol. The lowest BCUT2D eigenvalue weighted by molar-refractivity contribution is -0.164. The topological polar surface area (TPSA) is 117 Å². The molecule has 4 aliphatic rings. The van der Waals surface area contributed by atoms with E-state index < -0.39 is 47.7 Å². The van der Waals surface area contributed by atoms with E-state index in [0.29, 0.717) is 36.4 Å². The standard InChI is InChI=1S/C38H44ClN3O7/c1-24-14-12-17-27(39)32(24)41-22-13-20-38-31(35(45)42(34(38)36(41)46)21-10-5-11-23-43)30-28(49-38)18-8-9-19-29(44)40(3)25(2)33(48-37(30)47)26-15-6-4-7-16-26/h4,6-8,12-18,20,25,28,30-31,33-34,43H,5,9-11,19,21-23H2,1-3H3/b18-8-/t25-,28-,30+,31+,33+,34-,38+/m0/s1. The Morgan fingerprint density at radius 1 is 0.980 bits per heavy atom. The number of aliphatic hydroxyl groups excluding tert-OH is 1. The number of likely N-dealkylation sites (tertiary alicyclic amines) is 1. The van der Waals surface area contributed by atoms with Crippen molar-refractivity contribution < 1.29 is 33.8 Å². The molecule has 2 aromatic rings. The minimum Gasteiger partial charge on any atom is -0.455 e. The van der Waals surface area contributed by atoms with E-state index in [-0.39, 0.29) is 43.8 Å². The maximum Gasteiger partial charge on any atom is 0.313 e. The van der Waals surface area contributed by atoms with Crippen LogP contribution in [0.3, 0.4) is 0 Å². The summed E-state index contributed by atoms with van der Waals surface area (Å²) in [4.78, 5) is 62.0. The zero-order chi connectivity index (χ0) is 34.9. The highest BCUT2D eigenvalue weighted by atomic mass is 35.5. The van der Waals surface area contributed by atoms with Crippen molar-refractivity contribution in [3.8, 4) is 0 Å². The van der Waals surface area contributed by atoms with Crippen LogP contribution >= 0.6 is 11.6 Å². The number of carbonyl (C=O) groups is 4. The van der Waals surface area contributed by atoms with E-state index >= 15 is 0 Å². The van der Waals surface area contributed by atoms with Gasteiger partial charge in [0.15, 0.2) is 0 Å². The van der Waals surface area contributed by atoms with Crippen LogP contribution in [0.1, 0.15) is 56.3 Å². The predicted octanol–water partition coefficient (Wildman–Crippen LogP) is 4.78. The number of allylic oxidation sites excluding steroid dienone is 1. The summed E-state index contributed by atoms with van der Waals surface area (Å²) in [6.45, 7) is 4.20. The molecule has 2 saturated heterocycles. The third-order valence-electron chi connectivity index (χ3n) is 10.4. The first-order valence-electron chi connectivity index (χ1n) is 17.1. The van der Waals surface area contributed by atoms with Gasteiger partial charge in [-0.25, -0.2) is 0 Å². The Bertz CT molecular complexity index is 1630. The minimum absolute atomic E-state index is 0.0258. The van der Waals surface area contributed by atoms with Crippen LogP contribution in [0.4, 0.5) is 5.69 Å². The third kappa shape index (κ3) is 6.30. The second-order valence-corrected chi connectivity index (χ2v) is 13.8. The number of hydrogen-bond donors (Lipinski definition) is 1. The molecule has 0 aromatic heterocycles. The van der Waals surface area contributed by atoms with Gasteiger partial charge in [-0.3, -0.25) is 19.2 Å². The van der Waals surface area contributed by atoms with E-state index in [1.165, 1.54) is 0 Å². The number of hydrogen-bond acceptors (Lipinski definition) is 7. The number of anilines is 1. The Balaban J connectivity index is 1.44. The lowest BCUT2D eigenvalue weighted by Gasteiger charge is -2.36. The Morgan fingerprint density at radius 3 is 2.49 bits per heavy atom. The fourth-order valence-corrected chi connectivity index (χ4v) is 8.19. The summed E-state index contributed by atoms with van der Waals surface area (Å²) in [5, 5.41) is 9.81. The van der Waals surface area contributed by atoms with Gasteiger partial charge >= 0.3 is 5.97 Å². The number of cyclic esters (lactones) is 1. The highest BCUT2D eigenvalue weighted by Gasteiger charge is 2.72. The number of esters is 1. The van der Waals surface area contributed by atoms with Gasteiger partial charge in [-0.2, -0.15) is 0 Å². The molecule has 2 aromatic carbocycles. The molecule has 4 heterocycles. The summed E-state index contributed by atoms with van der Waals surface area (Å²) in [5.74, 6) is -3.52. The lowest BCUT2D eigenvalue weighted by Crippen LogP contribution is -2.55. The van der Waals surface area contributed by atoms with Crippen LogP contribution in [0, 0.1) is 18.8 Å². The maximum absolute atomic E-state index is 14.8. The fourth-order valence-electron chi connectivity index (χ4n) is 7.86. The van der Waals surface area contributed by atoms with E-state index in [4.69, 9.17) is 21.1 Å². The van der Waals surface area contributed by atoms with Crippen LogP contribution in [-0.2, 0) is 28.7 Å². The van der Waals surface area contributed by atoms with Gasteiger partial charge in [0.1, 0.15) is 23.7 Å². The van der Waals surface area contributed by atoms with E-state index in [2.05, 4.69) is 0 Å². The average Bonchev–Trinajstić information content (AvgIpc) is 3.48. The van der Waals surface area contributed by atoms with Crippen LogP contribution < -0.4 is 4.90 Å². The second-order valence-electron chi connectivity index (χ2n) is 13.4. The van der Waals surface area contributed by atoms with Crippen molar-refractivity contribution in [3.63, 3.8) is 0 Å². The summed E-state index contributed by atoms with van der Waals surface area (Å²) in [6.07, 6.45) is 7.89. The highest BCUT2D eigenvalue weighted by Crippen LogP contribution is 2.54. The van der Waals surface area contributed by atoms with Crippen molar-refractivity contribution in [2.24, 2.45) is 11.8 Å². The number of nitrogens with zero attached hydrogens (tertiary/aromatic N) is 3. The van der Waals surface area contributed by atoms with Crippen LogP contribution in [0.15, 0.2) is 72.8 Å². The quantitative estimate of drug-likeness (QED) is 0.253. The van der Waals surface area contributed by atoms with Crippen LogP contribution in [0.2, 0.25) is 5.02 Å². The summed E-state index contributed by atoms with van der Waals surface area (Å²) in [5.41, 5.74) is 0.622. The molecule has 49 heavy (non-hydrogen) atoms. The molecule has 1 spiro atoms. The summed E-state index contributed by atoms with van der Waals surface area (Å²) in [6, 6.07) is 13.1. The molecule has 0 saturated carbocycles. The number of aryl methyl sites for hydroxylation is 1. The molecule has 10 nitrogen and oxygen atoms in total.